The summed E-state index contributed by atoms with van der Waals surface area (Å²) in [6.07, 6.45) is 3.19. The van der Waals surface area contributed by atoms with Crippen LogP contribution in [0.1, 0.15) is 24.5 Å². The fourth-order valence-corrected chi connectivity index (χ4v) is 1.99. The summed E-state index contributed by atoms with van der Waals surface area (Å²) in [7, 11) is 1.90. The van der Waals surface area contributed by atoms with Crippen LogP contribution in [-0.2, 0) is 17.6 Å². The first-order valence-corrected chi connectivity index (χ1v) is 6.77. The third-order valence-electron chi connectivity index (χ3n) is 3.17. The number of hydrogen-bond donors (Lipinski definition) is 2. The van der Waals surface area contributed by atoms with Crippen LogP contribution < -0.4 is 5.73 Å². The van der Waals surface area contributed by atoms with Crippen LogP contribution in [-0.4, -0.2) is 42.2 Å². The van der Waals surface area contributed by atoms with Gasteiger partial charge in [0.2, 0.25) is 0 Å². The third-order valence-corrected chi connectivity index (χ3v) is 3.17. The average molecular weight is 264 g/mol. The predicted octanol–water partition coefficient (Wildman–Crippen LogP) is 1.53. The van der Waals surface area contributed by atoms with Crippen LogP contribution >= 0.6 is 0 Å². The van der Waals surface area contributed by atoms with Crippen molar-refractivity contribution < 1.29 is 9.90 Å². The maximum absolute atomic E-state index is 10.7. The molecule has 0 heterocycles. The lowest BCUT2D eigenvalue weighted by atomic mass is 10.1. The van der Waals surface area contributed by atoms with E-state index in [0.717, 1.165) is 25.8 Å². The van der Waals surface area contributed by atoms with Gasteiger partial charge in [0.25, 0.3) is 0 Å². The van der Waals surface area contributed by atoms with Gasteiger partial charge in [0.15, 0.2) is 0 Å². The quantitative estimate of drug-likeness (QED) is 0.747. The highest BCUT2D eigenvalue weighted by Gasteiger charge is 2.13. The van der Waals surface area contributed by atoms with Crippen molar-refractivity contribution in [3.63, 3.8) is 0 Å². The monoisotopic (exact) mass is 264 g/mol. The molecule has 0 aliphatic carbocycles. The molecule has 0 aromatic heterocycles. The van der Waals surface area contributed by atoms with Crippen molar-refractivity contribution in [3.8, 4) is 0 Å². The van der Waals surface area contributed by atoms with Gasteiger partial charge in [-0.05, 0) is 31.0 Å². The number of nitrogens with two attached hydrogens (primary N) is 1. The van der Waals surface area contributed by atoms with E-state index in [0.29, 0.717) is 6.54 Å². The summed E-state index contributed by atoms with van der Waals surface area (Å²) in [5.74, 6) is -0.948. The second-order valence-electron chi connectivity index (χ2n) is 5.02. The molecule has 0 aliphatic heterocycles. The van der Waals surface area contributed by atoms with Gasteiger partial charge in [-0.15, -0.1) is 0 Å². The molecule has 1 rings (SSSR count). The smallest absolute Gasteiger partial charge is 0.321 e. The molecule has 0 fully saturated rings. The highest BCUT2D eigenvalue weighted by molar-refractivity contribution is 5.73. The van der Waals surface area contributed by atoms with Crippen LogP contribution in [0.4, 0.5) is 0 Å². The van der Waals surface area contributed by atoms with E-state index in [4.69, 9.17) is 10.8 Å². The van der Waals surface area contributed by atoms with Gasteiger partial charge >= 0.3 is 5.97 Å². The topological polar surface area (TPSA) is 66.6 Å². The molecule has 0 saturated carbocycles. The molecular weight excluding hydrogens is 240 g/mol. The van der Waals surface area contributed by atoms with E-state index in [1.54, 1.807) is 0 Å². The number of likely N-dealkylation sites (N-methyl/N-ethyl adjacent to an activating group) is 1. The van der Waals surface area contributed by atoms with Crippen molar-refractivity contribution in [1.29, 1.82) is 0 Å². The maximum Gasteiger partial charge on any atom is 0.321 e. The van der Waals surface area contributed by atoms with Crippen molar-refractivity contribution in [2.45, 2.75) is 32.2 Å². The van der Waals surface area contributed by atoms with Gasteiger partial charge in [0.1, 0.15) is 6.04 Å². The molecule has 1 unspecified atom stereocenters. The zero-order valence-electron chi connectivity index (χ0n) is 11.8. The molecule has 3 N–H and O–H groups in total. The van der Waals surface area contributed by atoms with Crippen molar-refractivity contribution >= 4 is 5.97 Å². The summed E-state index contributed by atoms with van der Waals surface area (Å²) < 4.78 is 0. The van der Waals surface area contributed by atoms with Crippen LogP contribution in [0, 0.1) is 0 Å². The molecule has 4 heteroatoms. The SMILES string of the molecule is CCCc1ccc(CCN(C)CC(N)C(=O)O)cc1. The third kappa shape index (κ3) is 5.85. The highest BCUT2D eigenvalue weighted by Crippen LogP contribution is 2.07. The lowest BCUT2D eigenvalue weighted by Gasteiger charge is -2.18. The Hall–Kier alpha value is -1.39. The van der Waals surface area contributed by atoms with Gasteiger partial charge in [0.05, 0.1) is 0 Å². The Balaban J connectivity index is 2.37. The summed E-state index contributed by atoms with van der Waals surface area (Å²) in [6, 6.07) is 7.83. The number of aliphatic carboxylic acids is 1. The Labute approximate surface area is 115 Å². The van der Waals surface area contributed by atoms with Gasteiger partial charge in [-0.3, -0.25) is 4.79 Å². The first kappa shape index (κ1) is 15.7. The van der Waals surface area contributed by atoms with Crippen molar-refractivity contribution in [2.24, 2.45) is 5.73 Å². The predicted molar refractivity (Wildman–Crippen MR) is 77.2 cm³/mol. The lowest BCUT2D eigenvalue weighted by Crippen LogP contribution is -2.41. The van der Waals surface area contributed by atoms with Gasteiger partial charge in [0, 0.05) is 13.1 Å². The first-order chi connectivity index (χ1) is 9.02. The largest absolute Gasteiger partial charge is 0.480 e. The Kier molecular flexibility index (Phi) is 6.53. The minimum Gasteiger partial charge on any atom is -0.480 e. The van der Waals surface area contributed by atoms with E-state index in [2.05, 4.69) is 31.2 Å². The standard InChI is InChI=1S/C15H24N2O2/c1-3-4-12-5-7-13(8-6-12)9-10-17(2)11-14(16)15(18)19/h5-8,14H,3-4,9-11,16H2,1-2H3,(H,18,19). The van der Waals surface area contributed by atoms with Gasteiger partial charge in [-0.2, -0.15) is 0 Å². The molecule has 0 aliphatic rings. The molecular formula is C15H24N2O2. The number of aryl methyl sites for hydroxylation is 1. The summed E-state index contributed by atoms with van der Waals surface area (Å²) in [5.41, 5.74) is 8.14. The number of nitrogens with zero attached hydrogens (tertiary/aromatic N) is 1. The molecule has 0 radical (unpaired) electrons. The molecule has 4 nitrogen and oxygen atoms in total. The second kappa shape index (κ2) is 7.92. The Morgan fingerprint density at radius 3 is 2.26 bits per heavy atom. The molecule has 1 aromatic carbocycles. The summed E-state index contributed by atoms with van der Waals surface area (Å²) in [5, 5.41) is 8.75. The number of carboxylic acid groups (broad SMARTS) is 1. The zero-order chi connectivity index (χ0) is 14.3. The number of hydrogen-bond acceptors (Lipinski definition) is 3. The van der Waals surface area contributed by atoms with E-state index >= 15 is 0 Å². The van der Waals surface area contributed by atoms with E-state index in [1.807, 2.05) is 11.9 Å². The maximum atomic E-state index is 10.7. The molecule has 1 atom stereocenters. The number of rotatable bonds is 8. The number of carboxylic acids is 1. The van der Waals surface area contributed by atoms with Gasteiger partial charge in [-0.1, -0.05) is 37.6 Å². The molecule has 0 spiro atoms. The summed E-state index contributed by atoms with van der Waals surface area (Å²) >= 11 is 0. The number of benzene rings is 1. The molecule has 0 bridgehead atoms. The average Bonchev–Trinajstić information content (AvgIpc) is 2.38. The zero-order valence-corrected chi connectivity index (χ0v) is 11.8. The van der Waals surface area contributed by atoms with E-state index in [-0.39, 0.29) is 0 Å². The van der Waals surface area contributed by atoms with E-state index in [9.17, 15) is 4.79 Å². The van der Waals surface area contributed by atoms with Crippen molar-refractivity contribution in [2.75, 3.05) is 20.1 Å². The van der Waals surface area contributed by atoms with Crippen LogP contribution in [0.15, 0.2) is 24.3 Å². The Bertz CT molecular complexity index is 390. The fraction of sp³-hybridized carbons (Fsp3) is 0.533. The highest BCUT2D eigenvalue weighted by atomic mass is 16.4. The van der Waals surface area contributed by atoms with Gasteiger partial charge < -0.3 is 15.7 Å². The van der Waals surface area contributed by atoms with Crippen LogP contribution in [0.5, 0.6) is 0 Å². The van der Waals surface area contributed by atoms with Crippen LogP contribution in [0.25, 0.3) is 0 Å². The molecule has 0 amide bonds. The van der Waals surface area contributed by atoms with E-state index in [1.165, 1.54) is 11.1 Å². The molecule has 19 heavy (non-hydrogen) atoms. The van der Waals surface area contributed by atoms with Gasteiger partial charge in [-0.25, -0.2) is 0 Å². The fourth-order valence-electron chi connectivity index (χ4n) is 1.99. The normalized spacial score (nSPS) is 12.6. The second-order valence-corrected chi connectivity index (χ2v) is 5.02. The minimum absolute atomic E-state index is 0.378. The first-order valence-electron chi connectivity index (χ1n) is 6.77. The van der Waals surface area contributed by atoms with Crippen molar-refractivity contribution in [1.82, 2.24) is 4.90 Å². The molecule has 106 valence electrons. The molecule has 1 aromatic rings. The van der Waals surface area contributed by atoms with Crippen molar-refractivity contribution in [3.05, 3.63) is 35.4 Å². The van der Waals surface area contributed by atoms with Crippen LogP contribution in [0.3, 0.4) is 0 Å². The minimum atomic E-state index is -0.948. The Morgan fingerprint density at radius 1 is 1.26 bits per heavy atom. The Morgan fingerprint density at radius 2 is 1.79 bits per heavy atom. The summed E-state index contributed by atoms with van der Waals surface area (Å²) in [6.45, 7) is 3.37. The number of carbonyl (C=O) groups is 1. The lowest BCUT2D eigenvalue weighted by molar-refractivity contribution is -0.138. The van der Waals surface area contributed by atoms with E-state index < -0.39 is 12.0 Å². The van der Waals surface area contributed by atoms with Crippen LogP contribution in [0.2, 0.25) is 0 Å². The summed E-state index contributed by atoms with van der Waals surface area (Å²) in [4.78, 5) is 12.6. The molecule has 0 saturated heterocycles.